The molecule has 0 saturated heterocycles. The van der Waals surface area contributed by atoms with Crippen molar-refractivity contribution in [1.29, 1.82) is 0 Å². The largest absolute Gasteiger partial charge is 0.507 e. The van der Waals surface area contributed by atoms with Gasteiger partial charge in [0, 0.05) is 32.0 Å². The van der Waals surface area contributed by atoms with Gasteiger partial charge in [-0.25, -0.2) is 4.98 Å². The number of phenols is 1. The molecular formula is C13H14BrN3O. The third-order valence-electron chi connectivity index (χ3n) is 3.24. The molecule has 0 fully saturated rings. The number of rotatable bonds is 2. The van der Waals surface area contributed by atoms with Crippen molar-refractivity contribution in [2.75, 3.05) is 6.54 Å². The highest BCUT2D eigenvalue weighted by Crippen LogP contribution is 2.25. The van der Waals surface area contributed by atoms with Gasteiger partial charge in [0.1, 0.15) is 11.6 Å². The number of imidazole rings is 1. The highest BCUT2D eigenvalue weighted by atomic mass is 79.9. The molecule has 0 atom stereocenters. The van der Waals surface area contributed by atoms with Crippen molar-refractivity contribution in [3.05, 3.63) is 46.5 Å². The first-order chi connectivity index (χ1) is 8.72. The van der Waals surface area contributed by atoms with Crippen LogP contribution >= 0.6 is 15.9 Å². The molecule has 5 heteroatoms. The molecule has 0 saturated carbocycles. The van der Waals surface area contributed by atoms with Crippen molar-refractivity contribution in [3.63, 3.8) is 0 Å². The predicted octanol–water partition coefficient (Wildman–Crippen LogP) is 2.37. The van der Waals surface area contributed by atoms with E-state index in [0.717, 1.165) is 36.5 Å². The van der Waals surface area contributed by atoms with E-state index < -0.39 is 0 Å². The van der Waals surface area contributed by atoms with E-state index in [9.17, 15) is 5.11 Å². The minimum Gasteiger partial charge on any atom is -0.507 e. The molecule has 2 heterocycles. The maximum absolute atomic E-state index is 9.48. The molecule has 1 aromatic heterocycles. The summed E-state index contributed by atoms with van der Waals surface area (Å²) in [5.41, 5.74) is 1.19. The number of nitrogens with zero attached hydrogens (tertiary/aromatic N) is 3. The lowest BCUT2D eigenvalue weighted by Crippen LogP contribution is -2.33. The van der Waals surface area contributed by atoms with E-state index in [1.54, 1.807) is 6.07 Å². The first-order valence-electron chi connectivity index (χ1n) is 5.92. The molecule has 1 aromatic carbocycles. The average Bonchev–Trinajstić information content (AvgIpc) is 2.81. The Morgan fingerprint density at radius 3 is 3.06 bits per heavy atom. The zero-order chi connectivity index (χ0) is 12.5. The second-order valence-electron chi connectivity index (χ2n) is 4.53. The number of aromatic hydroxyl groups is 1. The Morgan fingerprint density at radius 2 is 2.22 bits per heavy atom. The predicted molar refractivity (Wildman–Crippen MR) is 72.1 cm³/mol. The Hall–Kier alpha value is -1.33. The van der Waals surface area contributed by atoms with Crippen molar-refractivity contribution in [3.8, 4) is 5.75 Å². The Labute approximate surface area is 114 Å². The van der Waals surface area contributed by atoms with E-state index >= 15 is 0 Å². The summed E-state index contributed by atoms with van der Waals surface area (Å²) in [5.74, 6) is 1.41. The fourth-order valence-electron chi connectivity index (χ4n) is 2.27. The van der Waals surface area contributed by atoms with Crippen LogP contribution in [0.15, 0.2) is 35.1 Å². The van der Waals surface area contributed by atoms with E-state index in [4.69, 9.17) is 0 Å². The molecule has 0 aliphatic carbocycles. The van der Waals surface area contributed by atoms with E-state index in [1.807, 2.05) is 24.5 Å². The molecular weight excluding hydrogens is 294 g/mol. The molecule has 0 radical (unpaired) electrons. The Kier molecular flexibility index (Phi) is 3.09. The second kappa shape index (κ2) is 4.74. The molecule has 18 heavy (non-hydrogen) atoms. The van der Waals surface area contributed by atoms with Gasteiger partial charge in [-0.3, -0.25) is 4.90 Å². The quantitative estimate of drug-likeness (QED) is 0.926. The van der Waals surface area contributed by atoms with Gasteiger partial charge < -0.3 is 9.67 Å². The molecule has 0 unspecified atom stereocenters. The molecule has 2 aromatic rings. The minimum absolute atomic E-state index is 0.285. The number of hydrogen-bond acceptors (Lipinski definition) is 3. The van der Waals surface area contributed by atoms with E-state index in [0.29, 0.717) is 0 Å². The fourth-order valence-corrected chi connectivity index (χ4v) is 2.69. The number of fused-ring (bicyclic) bond motifs is 1. The maximum Gasteiger partial charge on any atom is 0.129 e. The number of benzene rings is 1. The highest BCUT2D eigenvalue weighted by Gasteiger charge is 2.16. The van der Waals surface area contributed by atoms with Gasteiger partial charge in [0.15, 0.2) is 0 Å². The Balaban J connectivity index is 1.72. The molecule has 3 rings (SSSR count). The van der Waals surface area contributed by atoms with Gasteiger partial charge in [0.25, 0.3) is 0 Å². The zero-order valence-electron chi connectivity index (χ0n) is 9.88. The lowest BCUT2D eigenvalue weighted by Gasteiger charge is -2.27. The van der Waals surface area contributed by atoms with Crippen LogP contribution in [0.2, 0.25) is 0 Å². The third-order valence-corrected chi connectivity index (χ3v) is 3.88. The highest BCUT2D eigenvalue weighted by molar-refractivity contribution is 9.10. The van der Waals surface area contributed by atoms with Crippen molar-refractivity contribution < 1.29 is 5.11 Å². The van der Waals surface area contributed by atoms with Crippen LogP contribution in [0.3, 0.4) is 0 Å². The summed E-state index contributed by atoms with van der Waals surface area (Å²) in [6.07, 6.45) is 3.89. The normalized spacial score (nSPS) is 15.6. The summed E-state index contributed by atoms with van der Waals surface area (Å²) in [4.78, 5) is 6.71. The van der Waals surface area contributed by atoms with Gasteiger partial charge in [0.2, 0.25) is 0 Å². The van der Waals surface area contributed by atoms with E-state index in [2.05, 4.69) is 30.4 Å². The van der Waals surface area contributed by atoms with Crippen molar-refractivity contribution in [2.45, 2.75) is 19.6 Å². The topological polar surface area (TPSA) is 41.3 Å². The minimum atomic E-state index is 0.285. The van der Waals surface area contributed by atoms with Gasteiger partial charge >= 0.3 is 0 Å². The van der Waals surface area contributed by atoms with Gasteiger partial charge in [-0.2, -0.15) is 0 Å². The third kappa shape index (κ3) is 2.28. The molecule has 0 amide bonds. The molecule has 1 N–H and O–H groups in total. The molecule has 1 aliphatic rings. The average molecular weight is 308 g/mol. The van der Waals surface area contributed by atoms with Crippen LogP contribution in [0, 0.1) is 0 Å². The fraction of sp³-hybridized carbons (Fsp3) is 0.308. The van der Waals surface area contributed by atoms with Crippen molar-refractivity contribution in [2.24, 2.45) is 0 Å². The van der Waals surface area contributed by atoms with Crippen LogP contribution in [0.1, 0.15) is 11.4 Å². The van der Waals surface area contributed by atoms with E-state index in [1.165, 1.54) is 5.56 Å². The lowest BCUT2D eigenvalue weighted by molar-refractivity contribution is 0.209. The van der Waals surface area contributed by atoms with Crippen LogP contribution in [-0.4, -0.2) is 26.1 Å². The first kappa shape index (κ1) is 11.7. The summed E-state index contributed by atoms with van der Waals surface area (Å²) < 4.78 is 2.95. The number of halogens is 1. The van der Waals surface area contributed by atoms with Gasteiger partial charge in [0.05, 0.1) is 11.0 Å². The summed E-state index contributed by atoms with van der Waals surface area (Å²) in [5, 5.41) is 9.48. The van der Waals surface area contributed by atoms with Crippen molar-refractivity contribution >= 4 is 15.9 Å². The van der Waals surface area contributed by atoms with Gasteiger partial charge in [-0.15, -0.1) is 0 Å². The number of aromatic nitrogens is 2. The van der Waals surface area contributed by atoms with Crippen LogP contribution in [0.5, 0.6) is 5.75 Å². The van der Waals surface area contributed by atoms with Gasteiger partial charge in [-0.1, -0.05) is 6.07 Å². The monoisotopic (exact) mass is 307 g/mol. The Morgan fingerprint density at radius 1 is 1.33 bits per heavy atom. The van der Waals surface area contributed by atoms with Gasteiger partial charge in [-0.05, 0) is 33.6 Å². The lowest BCUT2D eigenvalue weighted by atomic mass is 10.2. The van der Waals surface area contributed by atoms with E-state index in [-0.39, 0.29) is 5.75 Å². The molecule has 94 valence electrons. The van der Waals surface area contributed by atoms with Crippen LogP contribution in [0.4, 0.5) is 0 Å². The SMILES string of the molecule is Oc1ccc(CN2CCn3ccnc3C2)cc1Br. The zero-order valence-corrected chi connectivity index (χ0v) is 11.5. The summed E-state index contributed by atoms with van der Waals surface area (Å²) >= 11 is 3.35. The Bertz CT molecular complexity index is 567. The summed E-state index contributed by atoms with van der Waals surface area (Å²) in [6, 6.07) is 5.65. The second-order valence-corrected chi connectivity index (χ2v) is 5.39. The maximum atomic E-state index is 9.48. The van der Waals surface area contributed by atoms with Crippen molar-refractivity contribution in [1.82, 2.24) is 14.5 Å². The standard InChI is InChI=1S/C13H14BrN3O/c14-11-7-10(1-2-12(11)18)8-16-5-6-17-4-3-15-13(17)9-16/h1-4,7,18H,5-6,8-9H2. The van der Waals surface area contributed by atoms with Crippen LogP contribution < -0.4 is 0 Å². The first-order valence-corrected chi connectivity index (χ1v) is 6.71. The summed E-state index contributed by atoms with van der Waals surface area (Å²) in [6.45, 7) is 3.79. The van der Waals surface area contributed by atoms with Crippen LogP contribution in [0.25, 0.3) is 0 Å². The summed E-state index contributed by atoms with van der Waals surface area (Å²) in [7, 11) is 0. The number of hydrogen-bond donors (Lipinski definition) is 1. The molecule has 4 nitrogen and oxygen atoms in total. The number of phenolic OH excluding ortho intramolecular Hbond substituents is 1. The molecule has 0 spiro atoms. The van der Waals surface area contributed by atoms with Crippen LogP contribution in [-0.2, 0) is 19.6 Å². The smallest absolute Gasteiger partial charge is 0.129 e. The molecule has 1 aliphatic heterocycles. The molecule has 0 bridgehead atoms.